The standard InChI is InChI=1S/C27H38O6/c1-24(2,3)14-22(31)33-15-21(30)27(32)11-9-19-18-7-6-16-12-17(28)8-10-25(16,4)23(18)20(29)13-26(19,27)5/h8,10,12,18-20,23,29,32H,6-7,9,11,13-15H2,1-5H3/t18-,19+,20+,23+,25+,26+,27+/m1/s1. The van der Waals surface area contributed by atoms with Crippen molar-refractivity contribution in [3.05, 3.63) is 23.8 Å². The van der Waals surface area contributed by atoms with Gasteiger partial charge >= 0.3 is 5.97 Å². The van der Waals surface area contributed by atoms with Gasteiger partial charge in [0.1, 0.15) is 5.60 Å². The summed E-state index contributed by atoms with van der Waals surface area (Å²) in [5.74, 6) is -0.745. The lowest BCUT2D eigenvalue weighted by Gasteiger charge is -2.59. The Balaban J connectivity index is 1.55. The first-order valence-corrected chi connectivity index (χ1v) is 12.2. The fourth-order valence-corrected chi connectivity index (χ4v) is 7.54. The molecule has 0 radical (unpaired) electrons. The molecule has 4 rings (SSSR count). The average Bonchev–Trinajstić information content (AvgIpc) is 2.96. The number of fused-ring (bicyclic) bond motifs is 5. The van der Waals surface area contributed by atoms with E-state index in [0.29, 0.717) is 19.3 Å². The first kappa shape index (κ1) is 24.3. The molecule has 2 N–H and O–H groups in total. The summed E-state index contributed by atoms with van der Waals surface area (Å²) in [6, 6.07) is 0. The summed E-state index contributed by atoms with van der Waals surface area (Å²) in [6.07, 6.45) is 7.70. The fraction of sp³-hybridized carbons (Fsp3) is 0.741. The van der Waals surface area contributed by atoms with Gasteiger partial charge in [-0.2, -0.15) is 0 Å². The summed E-state index contributed by atoms with van der Waals surface area (Å²) in [7, 11) is 0. The summed E-state index contributed by atoms with van der Waals surface area (Å²) in [6.45, 7) is 9.37. The van der Waals surface area contributed by atoms with Gasteiger partial charge in [0.25, 0.3) is 0 Å². The quantitative estimate of drug-likeness (QED) is 0.625. The maximum absolute atomic E-state index is 13.2. The van der Waals surface area contributed by atoms with Crippen molar-refractivity contribution >= 4 is 17.5 Å². The largest absolute Gasteiger partial charge is 0.458 e. The molecule has 0 bridgehead atoms. The maximum atomic E-state index is 13.2. The molecule has 182 valence electrons. The number of aliphatic hydroxyl groups is 2. The van der Waals surface area contributed by atoms with E-state index in [0.717, 1.165) is 18.4 Å². The van der Waals surface area contributed by atoms with Crippen LogP contribution in [0.1, 0.15) is 73.1 Å². The average molecular weight is 459 g/mol. The molecule has 3 saturated carbocycles. The molecule has 0 amide bonds. The number of hydrogen-bond donors (Lipinski definition) is 2. The van der Waals surface area contributed by atoms with Crippen molar-refractivity contribution in [1.29, 1.82) is 0 Å². The van der Waals surface area contributed by atoms with Crippen LogP contribution in [0.15, 0.2) is 23.8 Å². The van der Waals surface area contributed by atoms with Gasteiger partial charge in [-0.1, -0.05) is 46.3 Å². The molecular weight excluding hydrogens is 420 g/mol. The monoisotopic (exact) mass is 458 g/mol. The van der Waals surface area contributed by atoms with Gasteiger partial charge < -0.3 is 14.9 Å². The Kier molecular flexibility index (Phi) is 5.81. The molecule has 0 unspecified atom stereocenters. The van der Waals surface area contributed by atoms with Crippen molar-refractivity contribution in [2.75, 3.05) is 6.61 Å². The van der Waals surface area contributed by atoms with Gasteiger partial charge in [-0.3, -0.25) is 14.4 Å². The van der Waals surface area contributed by atoms with E-state index in [1.54, 1.807) is 12.2 Å². The summed E-state index contributed by atoms with van der Waals surface area (Å²) in [5.41, 5.74) is -1.96. The van der Waals surface area contributed by atoms with Crippen LogP contribution in [0.5, 0.6) is 0 Å². The van der Waals surface area contributed by atoms with Crippen LogP contribution in [-0.4, -0.2) is 46.1 Å². The Hall–Kier alpha value is -1.79. The lowest BCUT2D eigenvalue weighted by atomic mass is 9.46. The Morgan fingerprint density at radius 1 is 1.21 bits per heavy atom. The van der Waals surface area contributed by atoms with Gasteiger partial charge in [0, 0.05) is 16.7 Å². The van der Waals surface area contributed by atoms with E-state index in [-0.39, 0.29) is 40.8 Å². The molecule has 7 atom stereocenters. The lowest BCUT2D eigenvalue weighted by Crippen LogP contribution is -2.61. The highest BCUT2D eigenvalue weighted by Gasteiger charge is 2.68. The first-order valence-electron chi connectivity index (χ1n) is 12.2. The van der Waals surface area contributed by atoms with Gasteiger partial charge in [0.15, 0.2) is 12.4 Å². The second kappa shape index (κ2) is 7.88. The molecule has 3 fully saturated rings. The Morgan fingerprint density at radius 2 is 1.91 bits per heavy atom. The number of aliphatic hydroxyl groups excluding tert-OH is 1. The third kappa shape index (κ3) is 3.83. The number of esters is 1. The summed E-state index contributed by atoms with van der Waals surface area (Å²) < 4.78 is 5.25. The number of hydrogen-bond acceptors (Lipinski definition) is 6. The van der Waals surface area contributed by atoms with Crippen LogP contribution in [0.3, 0.4) is 0 Å². The van der Waals surface area contributed by atoms with E-state index in [4.69, 9.17) is 4.74 Å². The van der Waals surface area contributed by atoms with Crippen molar-refractivity contribution in [1.82, 2.24) is 0 Å². The highest BCUT2D eigenvalue weighted by molar-refractivity contribution is 6.01. The second-order valence-corrected chi connectivity index (χ2v) is 12.4. The van der Waals surface area contributed by atoms with Crippen molar-refractivity contribution in [2.24, 2.45) is 34.0 Å². The number of carbonyl (C=O) groups is 3. The number of carbonyl (C=O) groups excluding carboxylic acids is 3. The Bertz CT molecular complexity index is 925. The first-order chi connectivity index (χ1) is 15.2. The van der Waals surface area contributed by atoms with E-state index in [1.165, 1.54) is 0 Å². The predicted molar refractivity (Wildman–Crippen MR) is 123 cm³/mol. The molecule has 4 aliphatic rings. The van der Waals surface area contributed by atoms with Crippen LogP contribution in [0.2, 0.25) is 0 Å². The van der Waals surface area contributed by atoms with E-state index in [1.807, 2.05) is 33.8 Å². The topological polar surface area (TPSA) is 101 Å². The zero-order valence-corrected chi connectivity index (χ0v) is 20.5. The summed E-state index contributed by atoms with van der Waals surface area (Å²) in [5, 5.41) is 23.1. The number of ketones is 2. The number of Topliss-reactive ketones (excluding diaryl/α,β-unsaturated/α-hetero) is 1. The van der Waals surface area contributed by atoms with E-state index < -0.39 is 35.5 Å². The second-order valence-electron chi connectivity index (χ2n) is 12.4. The van der Waals surface area contributed by atoms with Crippen LogP contribution < -0.4 is 0 Å². The van der Waals surface area contributed by atoms with Crippen LogP contribution in [-0.2, 0) is 19.1 Å². The van der Waals surface area contributed by atoms with Gasteiger partial charge in [-0.05, 0) is 61.5 Å². The van der Waals surface area contributed by atoms with Crippen LogP contribution in [0, 0.1) is 34.0 Å². The van der Waals surface area contributed by atoms with Crippen LogP contribution in [0.4, 0.5) is 0 Å². The SMILES string of the molecule is CC(C)(C)CC(=O)OCC(=O)[C@@]1(O)CC[C@H]2[C@H]3CCC4=CC(=O)C=C[C@]4(C)[C@@H]3[C@@H](O)C[C@@]21C. The molecule has 4 aliphatic carbocycles. The molecule has 0 spiro atoms. The molecule has 0 saturated heterocycles. The molecule has 0 aromatic rings. The zero-order chi connectivity index (χ0) is 24.4. The molecule has 0 aromatic carbocycles. The van der Waals surface area contributed by atoms with E-state index in [2.05, 4.69) is 6.92 Å². The highest BCUT2D eigenvalue weighted by atomic mass is 16.5. The lowest BCUT2D eigenvalue weighted by molar-refractivity contribution is -0.181. The minimum absolute atomic E-state index is 0.00194. The molecule has 6 heteroatoms. The molecule has 0 heterocycles. The third-order valence-electron chi connectivity index (χ3n) is 9.15. The zero-order valence-electron chi connectivity index (χ0n) is 20.5. The molecule has 33 heavy (non-hydrogen) atoms. The van der Waals surface area contributed by atoms with Crippen LogP contribution >= 0.6 is 0 Å². The smallest absolute Gasteiger partial charge is 0.306 e. The third-order valence-corrected chi connectivity index (χ3v) is 9.15. The molecular formula is C27H38O6. The van der Waals surface area contributed by atoms with Crippen molar-refractivity contribution in [3.8, 4) is 0 Å². The number of rotatable bonds is 4. The minimum atomic E-state index is -1.62. The Labute approximate surface area is 196 Å². The van der Waals surface area contributed by atoms with Gasteiger partial charge in [0.05, 0.1) is 12.5 Å². The number of ether oxygens (including phenoxy) is 1. The predicted octanol–water partition coefficient (Wildman–Crippen LogP) is 3.54. The molecule has 0 aromatic heterocycles. The van der Waals surface area contributed by atoms with Crippen molar-refractivity contribution in [3.63, 3.8) is 0 Å². The normalized spacial score (nSPS) is 42.2. The number of allylic oxidation sites excluding steroid dienone is 4. The highest BCUT2D eigenvalue weighted by Crippen LogP contribution is 2.67. The van der Waals surface area contributed by atoms with Crippen molar-refractivity contribution in [2.45, 2.75) is 84.8 Å². The van der Waals surface area contributed by atoms with Crippen molar-refractivity contribution < 1.29 is 29.3 Å². The van der Waals surface area contributed by atoms with Crippen LogP contribution in [0.25, 0.3) is 0 Å². The van der Waals surface area contributed by atoms with Gasteiger partial charge in [0.2, 0.25) is 5.78 Å². The van der Waals surface area contributed by atoms with Gasteiger partial charge in [-0.15, -0.1) is 0 Å². The Morgan fingerprint density at radius 3 is 2.58 bits per heavy atom. The minimum Gasteiger partial charge on any atom is -0.458 e. The molecule has 0 aliphatic heterocycles. The molecule has 6 nitrogen and oxygen atoms in total. The maximum Gasteiger partial charge on any atom is 0.306 e. The summed E-state index contributed by atoms with van der Waals surface area (Å²) >= 11 is 0. The van der Waals surface area contributed by atoms with E-state index in [9.17, 15) is 24.6 Å². The van der Waals surface area contributed by atoms with E-state index >= 15 is 0 Å². The fourth-order valence-electron chi connectivity index (χ4n) is 7.54. The van der Waals surface area contributed by atoms with Gasteiger partial charge in [-0.25, -0.2) is 0 Å². The summed E-state index contributed by atoms with van der Waals surface area (Å²) in [4.78, 5) is 37.3.